The van der Waals surface area contributed by atoms with E-state index < -0.39 is 0 Å². The third-order valence-electron chi connectivity index (χ3n) is 2.81. The van der Waals surface area contributed by atoms with Crippen molar-refractivity contribution in [2.75, 3.05) is 19.6 Å². The predicted octanol–water partition coefficient (Wildman–Crippen LogP) is 1.36. The highest BCUT2D eigenvalue weighted by Gasteiger charge is 2.29. The van der Waals surface area contributed by atoms with Crippen molar-refractivity contribution in [1.29, 1.82) is 5.26 Å². The summed E-state index contributed by atoms with van der Waals surface area (Å²) < 4.78 is 0. The van der Waals surface area contributed by atoms with Crippen LogP contribution in [0.2, 0.25) is 0 Å². The molecule has 14 heavy (non-hydrogen) atoms. The number of likely N-dealkylation sites (tertiary alicyclic amines) is 1. The van der Waals surface area contributed by atoms with Gasteiger partial charge in [-0.3, -0.25) is 4.90 Å². The molecule has 0 aromatic rings. The van der Waals surface area contributed by atoms with Crippen LogP contribution >= 0.6 is 0 Å². The van der Waals surface area contributed by atoms with Crippen molar-refractivity contribution in [3.05, 3.63) is 0 Å². The molecule has 0 radical (unpaired) electrons. The quantitative estimate of drug-likeness (QED) is 0.691. The minimum absolute atomic E-state index is 0.283. The van der Waals surface area contributed by atoms with Gasteiger partial charge in [-0.1, -0.05) is 0 Å². The van der Waals surface area contributed by atoms with Gasteiger partial charge in [0.25, 0.3) is 0 Å². The summed E-state index contributed by atoms with van der Waals surface area (Å²) in [4.78, 5) is 2.50. The van der Waals surface area contributed by atoms with Gasteiger partial charge < -0.3 is 5.32 Å². The second-order valence-corrected chi connectivity index (χ2v) is 4.96. The normalized spacial score (nSPS) is 23.7. The lowest BCUT2D eigenvalue weighted by atomic mass is 10.1. The Bertz CT molecular complexity index is 212. The third-order valence-corrected chi connectivity index (χ3v) is 2.81. The number of hydrogen-bond acceptors (Lipinski definition) is 3. The Morgan fingerprint density at radius 3 is 2.71 bits per heavy atom. The maximum Gasteiger partial charge on any atom is 0.0635 e. The fourth-order valence-electron chi connectivity index (χ4n) is 1.87. The van der Waals surface area contributed by atoms with Gasteiger partial charge in [-0.25, -0.2) is 0 Å². The Morgan fingerprint density at radius 2 is 2.21 bits per heavy atom. The molecule has 0 saturated carbocycles. The molecule has 0 bridgehead atoms. The Morgan fingerprint density at radius 1 is 1.50 bits per heavy atom. The maximum atomic E-state index is 8.42. The molecule has 1 heterocycles. The van der Waals surface area contributed by atoms with E-state index in [9.17, 15) is 0 Å². The molecule has 0 amide bonds. The first-order valence-corrected chi connectivity index (χ1v) is 5.39. The molecule has 1 aliphatic heterocycles. The summed E-state index contributed by atoms with van der Waals surface area (Å²) in [7, 11) is 0. The summed E-state index contributed by atoms with van der Waals surface area (Å²) >= 11 is 0. The van der Waals surface area contributed by atoms with E-state index in [0.717, 1.165) is 13.1 Å². The van der Waals surface area contributed by atoms with Crippen LogP contribution in [0.25, 0.3) is 0 Å². The second-order valence-electron chi connectivity index (χ2n) is 4.96. The highest BCUT2D eigenvalue weighted by molar-refractivity contribution is 4.88. The van der Waals surface area contributed by atoms with Crippen LogP contribution in [0.5, 0.6) is 0 Å². The van der Waals surface area contributed by atoms with E-state index in [2.05, 4.69) is 37.1 Å². The van der Waals surface area contributed by atoms with Crippen LogP contribution in [-0.2, 0) is 0 Å². The fourth-order valence-corrected chi connectivity index (χ4v) is 1.87. The molecule has 3 heteroatoms. The van der Waals surface area contributed by atoms with E-state index in [0.29, 0.717) is 12.5 Å². The van der Waals surface area contributed by atoms with Crippen LogP contribution in [0, 0.1) is 11.3 Å². The molecule has 0 spiro atoms. The molecule has 0 aliphatic carbocycles. The minimum atomic E-state index is 0.283. The monoisotopic (exact) mass is 195 g/mol. The van der Waals surface area contributed by atoms with Gasteiger partial charge in [-0.15, -0.1) is 0 Å². The smallest absolute Gasteiger partial charge is 0.0635 e. The first kappa shape index (κ1) is 11.5. The minimum Gasteiger partial charge on any atom is -0.312 e. The molecule has 3 nitrogen and oxygen atoms in total. The van der Waals surface area contributed by atoms with Crippen LogP contribution < -0.4 is 5.32 Å². The molecule has 1 saturated heterocycles. The first-order valence-electron chi connectivity index (χ1n) is 5.39. The Balaban J connectivity index is 2.25. The van der Waals surface area contributed by atoms with Crippen molar-refractivity contribution in [2.24, 2.45) is 0 Å². The Kier molecular flexibility index (Phi) is 3.91. The highest BCUT2D eigenvalue weighted by atomic mass is 15.2. The van der Waals surface area contributed by atoms with Crippen molar-refractivity contribution in [3.63, 3.8) is 0 Å². The summed E-state index contributed by atoms with van der Waals surface area (Å²) in [5, 5.41) is 11.8. The van der Waals surface area contributed by atoms with Crippen LogP contribution in [0.4, 0.5) is 0 Å². The topological polar surface area (TPSA) is 39.1 Å². The highest BCUT2D eigenvalue weighted by Crippen LogP contribution is 2.20. The molecule has 1 atom stereocenters. The number of nitrogens with zero attached hydrogens (tertiary/aromatic N) is 2. The van der Waals surface area contributed by atoms with Crippen molar-refractivity contribution < 1.29 is 0 Å². The zero-order valence-corrected chi connectivity index (χ0v) is 9.51. The van der Waals surface area contributed by atoms with Crippen molar-refractivity contribution in [1.82, 2.24) is 10.2 Å². The predicted molar refractivity (Wildman–Crippen MR) is 58.0 cm³/mol. The van der Waals surface area contributed by atoms with Gasteiger partial charge in [0.05, 0.1) is 6.07 Å². The largest absolute Gasteiger partial charge is 0.312 e. The van der Waals surface area contributed by atoms with E-state index in [1.54, 1.807) is 0 Å². The molecule has 80 valence electrons. The second kappa shape index (κ2) is 4.77. The Hall–Kier alpha value is -0.590. The van der Waals surface area contributed by atoms with Crippen LogP contribution in [0.3, 0.4) is 0 Å². The zero-order valence-electron chi connectivity index (χ0n) is 9.51. The van der Waals surface area contributed by atoms with Gasteiger partial charge in [-0.2, -0.15) is 5.26 Å². The Labute approximate surface area is 87.1 Å². The lowest BCUT2D eigenvalue weighted by Crippen LogP contribution is -2.42. The van der Waals surface area contributed by atoms with Crippen molar-refractivity contribution in [3.8, 4) is 6.07 Å². The summed E-state index contributed by atoms with van der Waals surface area (Å²) in [6.45, 7) is 9.89. The van der Waals surface area contributed by atoms with Gasteiger partial charge in [0.15, 0.2) is 0 Å². The molecule has 1 N–H and O–H groups in total. The summed E-state index contributed by atoms with van der Waals surface area (Å²) in [5.74, 6) is 0. The molecular formula is C11H21N3. The molecule has 0 unspecified atom stereocenters. The van der Waals surface area contributed by atoms with Gasteiger partial charge in [0.2, 0.25) is 0 Å². The number of hydrogen-bond donors (Lipinski definition) is 1. The van der Waals surface area contributed by atoms with Crippen LogP contribution in [0.1, 0.15) is 33.6 Å². The average Bonchev–Trinajstić information content (AvgIpc) is 2.52. The zero-order chi connectivity index (χ0) is 10.6. The maximum absolute atomic E-state index is 8.42. The van der Waals surface area contributed by atoms with Crippen LogP contribution in [-0.4, -0.2) is 36.1 Å². The lowest BCUT2D eigenvalue weighted by molar-refractivity contribution is 0.171. The van der Waals surface area contributed by atoms with Gasteiger partial charge in [-0.05, 0) is 27.2 Å². The van der Waals surface area contributed by atoms with Gasteiger partial charge in [0, 0.05) is 37.6 Å². The van der Waals surface area contributed by atoms with E-state index in [1.165, 1.54) is 13.0 Å². The molecule has 0 aromatic heterocycles. The van der Waals surface area contributed by atoms with Gasteiger partial charge >= 0.3 is 0 Å². The summed E-state index contributed by atoms with van der Waals surface area (Å²) in [6.07, 6.45) is 1.83. The average molecular weight is 195 g/mol. The third kappa shape index (κ3) is 3.28. The fraction of sp³-hybridized carbons (Fsp3) is 0.909. The van der Waals surface area contributed by atoms with E-state index in [4.69, 9.17) is 5.26 Å². The van der Waals surface area contributed by atoms with E-state index in [-0.39, 0.29) is 5.54 Å². The standard InChI is InChI=1S/C11H21N3/c1-11(2,3)14-8-5-10(9-14)13-7-4-6-12/h10,13H,4-5,7-9H2,1-3H3/t10-/m1/s1. The van der Waals surface area contributed by atoms with Crippen molar-refractivity contribution >= 4 is 0 Å². The molecular weight excluding hydrogens is 174 g/mol. The lowest BCUT2D eigenvalue weighted by Gasteiger charge is -2.31. The SMILES string of the molecule is CC(C)(C)N1CC[C@@H](NCCC#N)C1. The molecule has 1 rings (SSSR count). The van der Waals surface area contributed by atoms with E-state index >= 15 is 0 Å². The van der Waals surface area contributed by atoms with Crippen LogP contribution in [0.15, 0.2) is 0 Å². The number of rotatable bonds is 3. The first-order chi connectivity index (χ1) is 6.54. The summed E-state index contributed by atoms with van der Waals surface area (Å²) in [5.41, 5.74) is 0.283. The molecule has 1 fully saturated rings. The molecule has 1 aliphatic rings. The van der Waals surface area contributed by atoms with E-state index in [1.807, 2.05) is 0 Å². The number of nitrogens with one attached hydrogen (secondary N) is 1. The summed E-state index contributed by atoms with van der Waals surface area (Å²) in [6, 6.07) is 2.74. The van der Waals surface area contributed by atoms with Crippen molar-refractivity contribution in [2.45, 2.75) is 45.2 Å². The molecule has 0 aromatic carbocycles. The number of nitriles is 1. The van der Waals surface area contributed by atoms with Gasteiger partial charge in [0.1, 0.15) is 0 Å².